The van der Waals surface area contributed by atoms with Crippen LogP contribution in [0.3, 0.4) is 0 Å². The molecule has 1 aliphatic heterocycles. The first-order valence-electron chi connectivity index (χ1n) is 5.62. The number of ether oxygens (including phenoxy) is 1. The van der Waals surface area contributed by atoms with Gasteiger partial charge in [-0.05, 0) is 12.1 Å². The Bertz CT molecular complexity index is 636. The Labute approximate surface area is 119 Å². The van der Waals surface area contributed by atoms with E-state index in [0.29, 0.717) is 0 Å². The van der Waals surface area contributed by atoms with Crippen LogP contribution in [0.2, 0.25) is 0 Å². The van der Waals surface area contributed by atoms with Gasteiger partial charge in [0.25, 0.3) is 5.78 Å². The van der Waals surface area contributed by atoms with Crippen molar-refractivity contribution >= 4 is 11.5 Å². The Hall–Kier alpha value is -2.23. The van der Waals surface area contributed by atoms with E-state index < -0.39 is 35.2 Å². The maximum atomic E-state index is 13.0. The average Bonchev–Trinajstić information content (AvgIpc) is 2.52. The van der Waals surface area contributed by atoms with Crippen LogP contribution < -0.4 is 10.1 Å². The first-order chi connectivity index (χ1) is 9.97. The van der Waals surface area contributed by atoms with Crippen molar-refractivity contribution in [1.29, 1.82) is 0 Å². The number of alkyl halides is 6. The molecule has 4 nitrogen and oxygen atoms in total. The first kappa shape index (κ1) is 16.1. The van der Waals surface area contributed by atoms with Crippen molar-refractivity contribution in [2.24, 2.45) is 0 Å². The molecule has 10 heteroatoms. The van der Waals surface area contributed by atoms with Crippen molar-refractivity contribution in [3.8, 4) is 5.75 Å². The standard InChI is InChI=1S/C12H7F6NO3/c13-11(14,15)9(20)6-5-19-7-3-1-2-4-8(7)22-10(6,21)12(16,17)18/h1-5,19,21H. The van der Waals surface area contributed by atoms with Crippen LogP contribution in [-0.4, -0.2) is 29.0 Å². The van der Waals surface area contributed by atoms with Crippen LogP contribution in [-0.2, 0) is 4.79 Å². The van der Waals surface area contributed by atoms with Crippen LogP contribution in [0.5, 0.6) is 5.75 Å². The van der Waals surface area contributed by atoms with Crippen molar-refractivity contribution in [1.82, 2.24) is 0 Å². The molecular weight excluding hydrogens is 320 g/mol. The molecule has 1 heterocycles. The van der Waals surface area contributed by atoms with E-state index in [9.17, 15) is 36.2 Å². The van der Waals surface area contributed by atoms with Gasteiger partial charge in [0.05, 0.1) is 5.69 Å². The van der Waals surface area contributed by atoms with Gasteiger partial charge in [0, 0.05) is 6.20 Å². The number of rotatable bonds is 1. The SMILES string of the molecule is O=C(C1=CNc2ccccc2OC1(O)C(F)(F)F)C(F)(F)F. The zero-order valence-corrected chi connectivity index (χ0v) is 10.4. The van der Waals surface area contributed by atoms with E-state index in [1.807, 2.05) is 0 Å². The van der Waals surface area contributed by atoms with E-state index in [2.05, 4.69) is 10.1 Å². The van der Waals surface area contributed by atoms with E-state index in [1.54, 1.807) is 0 Å². The summed E-state index contributed by atoms with van der Waals surface area (Å²) in [6.07, 6.45) is -11.2. The van der Waals surface area contributed by atoms with Crippen molar-refractivity contribution < 1.29 is 41.0 Å². The van der Waals surface area contributed by atoms with Crippen molar-refractivity contribution in [2.75, 3.05) is 5.32 Å². The molecule has 2 rings (SSSR count). The Morgan fingerprint density at radius 2 is 1.73 bits per heavy atom. The summed E-state index contributed by atoms with van der Waals surface area (Å²) in [6.45, 7) is 0. The number of aliphatic hydroxyl groups is 1. The summed E-state index contributed by atoms with van der Waals surface area (Å²) in [6, 6.07) is 4.80. The predicted molar refractivity (Wildman–Crippen MR) is 60.8 cm³/mol. The summed E-state index contributed by atoms with van der Waals surface area (Å²) in [4.78, 5) is 11.2. The second-order valence-corrected chi connectivity index (χ2v) is 4.27. The number of hydrogen-bond acceptors (Lipinski definition) is 4. The third-order valence-corrected chi connectivity index (χ3v) is 2.77. The van der Waals surface area contributed by atoms with Crippen molar-refractivity contribution in [3.05, 3.63) is 36.0 Å². The monoisotopic (exact) mass is 327 g/mol. The lowest BCUT2D eigenvalue weighted by molar-refractivity contribution is -0.316. The van der Waals surface area contributed by atoms with Gasteiger partial charge in [-0.3, -0.25) is 4.79 Å². The maximum Gasteiger partial charge on any atom is 0.460 e. The minimum atomic E-state index is -5.68. The molecule has 0 spiro atoms. The zero-order valence-electron chi connectivity index (χ0n) is 10.4. The van der Waals surface area contributed by atoms with E-state index >= 15 is 0 Å². The number of ketones is 1. The highest BCUT2D eigenvalue weighted by Gasteiger charge is 2.65. The molecule has 0 saturated heterocycles. The van der Waals surface area contributed by atoms with Gasteiger partial charge in [0.15, 0.2) is 0 Å². The molecule has 0 bridgehead atoms. The quantitative estimate of drug-likeness (QED) is 0.779. The van der Waals surface area contributed by atoms with E-state index in [1.165, 1.54) is 18.2 Å². The van der Waals surface area contributed by atoms with Crippen LogP contribution in [0.4, 0.5) is 32.0 Å². The molecule has 1 atom stereocenters. The lowest BCUT2D eigenvalue weighted by Crippen LogP contribution is -2.55. The summed E-state index contributed by atoms with van der Waals surface area (Å²) in [5, 5.41) is 11.7. The minimum absolute atomic E-state index is 0.134. The largest absolute Gasteiger partial charge is 0.460 e. The fraction of sp³-hybridized carbons (Fsp3) is 0.250. The number of hydrogen-bond donors (Lipinski definition) is 2. The third kappa shape index (κ3) is 2.61. The summed E-state index contributed by atoms with van der Waals surface area (Å²) in [5.74, 6) is -7.87. The number of benzene rings is 1. The summed E-state index contributed by atoms with van der Waals surface area (Å²) >= 11 is 0. The van der Waals surface area contributed by atoms with Crippen molar-refractivity contribution in [3.63, 3.8) is 0 Å². The molecule has 0 amide bonds. The molecule has 22 heavy (non-hydrogen) atoms. The lowest BCUT2D eigenvalue weighted by atomic mass is 10.0. The molecule has 0 radical (unpaired) electrons. The number of carbonyl (C=O) groups excluding carboxylic acids is 1. The summed E-state index contributed by atoms with van der Waals surface area (Å²) < 4.78 is 80.8. The number of anilines is 1. The molecule has 0 fully saturated rings. The molecule has 1 aromatic rings. The minimum Gasteiger partial charge on any atom is -0.448 e. The van der Waals surface area contributed by atoms with Gasteiger partial charge in [0.2, 0.25) is 0 Å². The summed E-state index contributed by atoms with van der Waals surface area (Å²) in [5.41, 5.74) is -2.15. The number of Topliss-reactive ketones (excluding diaryl/α,β-unsaturated/α-hetero) is 1. The molecule has 0 saturated carbocycles. The second-order valence-electron chi connectivity index (χ2n) is 4.27. The van der Waals surface area contributed by atoms with Gasteiger partial charge in [0.1, 0.15) is 11.3 Å². The molecular formula is C12H7F6NO3. The predicted octanol–water partition coefficient (Wildman–Crippen LogP) is 2.76. The van der Waals surface area contributed by atoms with Gasteiger partial charge in [-0.2, -0.15) is 26.3 Å². The lowest BCUT2D eigenvalue weighted by Gasteiger charge is -2.31. The van der Waals surface area contributed by atoms with Crippen LogP contribution in [0.15, 0.2) is 36.0 Å². The van der Waals surface area contributed by atoms with Crippen molar-refractivity contribution in [2.45, 2.75) is 18.1 Å². The number of nitrogens with one attached hydrogen (secondary N) is 1. The normalized spacial score (nSPS) is 21.9. The fourth-order valence-electron chi connectivity index (χ4n) is 1.72. The first-order valence-corrected chi connectivity index (χ1v) is 5.62. The maximum absolute atomic E-state index is 13.0. The summed E-state index contributed by atoms with van der Waals surface area (Å²) in [7, 11) is 0. The topological polar surface area (TPSA) is 58.6 Å². The average molecular weight is 327 g/mol. The number of para-hydroxylation sites is 2. The van der Waals surface area contributed by atoms with E-state index in [-0.39, 0.29) is 11.9 Å². The molecule has 1 aromatic carbocycles. The Morgan fingerprint density at radius 3 is 2.27 bits per heavy atom. The highest BCUT2D eigenvalue weighted by Crippen LogP contribution is 2.43. The fourth-order valence-corrected chi connectivity index (χ4v) is 1.72. The Kier molecular flexibility index (Phi) is 3.60. The second kappa shape index (κ2) is 4.90. The highest BCUT2D eigenvalue weighted by molar-refractivity contribution is 6.01. The van der Waals surface area contributed by atoms with Crippen LogP contribution in [0.1, 0.15) is 0 Å². The molecule has 1 unspecified atom stereocenters. The molecule has 2 N–H and O–H groups in total. The number of carbonyl (C=O) groups is 1. The van der Waals surface area contributed by atoms with Gasteiger partial charge in [-0.1, -0.05) is 12.1 Å². The molecule has 0 aromatic heterocycles. The number of halogens is 6. The van der Waals surface area contributed by atoms with Gasteiger partial charge in [-0.25, -0.2) is 0 Å². The van der Waals surface area contributed by atoms with Gasteiger partial charge < -0.3 is 15.2 Å². The molecule has 1 aliphatic rings. The molecule has 0 aliphatic carbocycles. The Morgan fingerprint density at radius 1 is 1.14 bits per heavy atom. The zero-order chi connectivity index (χ0) is 16.8. The molecule has 120 valence electrons. The van der Waals surface area contributed by atoms with Crippen LogP contribution in [0.25, 0.3) is 0 Å². The van der Waals surface area contributed by atoms with E-state index in [4.69, 9.17) is 0 Å². The third-order valence-electron chi connectivity index (χ3n) is 2.77. The van der Waals surface area contributed by atoms with Gasteiger partial charge in [-0.15, -0.1) is 0 Å². The Balaban J connectivity index is 2.61. The smallest absolute Gasteiger partial charge is 0.448 e. The highest BCUT2D eigenvalue weighted by atomic mass is 19.4. The number of fused-ring (bicyclic) bond motifs is 1. The van der Waals surface area contributed by atoms with Gasteiger partial charge >= 0.3 is 18.1 Å². The van der Waals surface area contributed by atoms with E-state index in [0.717, 1.165) is 6.07 Å². The van der Waals surface area contributed by atoms with Crippen LogP contribution >= 0.6 is 0 Å². The van der Waals surface area contributed by atoms with Crippen LogP contribution in [0, 0.1) is 0 Å².